The lowest BCUT2D eigenvalue weighted by molar-refractivity contribution is -0.111. The van der Waals surface area contributed by atoms with Crippen LogP contribution < -0.4 is 0 Å². The Hall–Kier alpha value is -0.0600. The van der Waals surface area contributed by atoms with Crippen LogP contribution in [0.5, 0.6) is 0 Å². The molecule has 0 aliphatic rings. The number of benzene rings is 1. The molecule has 1 nitrogen and oxygen atoms in total. The fraction of sp³-hybridized carbons (Fsp3) is 0.417. The number of rotatable bonds is 4. The van der Waals surface area contributed by atoms with Crippen LogP contribution in [0.3, 0.4) is 0 Å². The van der Waals surface area contributed by atoms with E-state index in [0.29, 0.717) is 0 Å². The predicted octanol–water partition coefficient (Wildman–Crippen LogP) is 3.76. The monoisotopic (exact) mass is 272 g/mol. The molecule has 4 heteroatoms. The molecule has 0 radical (unpaired) electrons. The van der Waals surface area contributed by atoms with E-state index in [1.54, 1.807) is 23.5 Å². The van der Waals surface area contributed by atoms with Gasteiger partial charge in [0, 0.05) is 0 Å². The van der Waals surface area contributed by atoms with Gasteiger partial charge in [-0.3, -0.25) is 4.79 Å². The molecule has 0 amide bonds. The number of hydrogen-bond donors (Lipinski definition) is 0. The summed E-state index contributed by atoms with van der Waals surface area (Å²) in [4.78, 5) is 12.2. The summed E-state index contributed by atoms with van der Waals surface area (Å²) in [6.45, 7) is 2.06. The van der Waals surface area contributed by atoms with Crippen molar-refractivity contribution in [3.63, 3.8) is 0 Å². The Balaban J connectivity index is 3.32. The van der Waals surface area contributed by atoms with Crippen molar-refractivity contribution in [3.05, 3.63) is 35.4 Å². The van der Waals surface area contributed by atoms with Gasteiger partial charge >= 0.3 is 0 Å². The molecule has 0 aliphatic heterocycles. The van der Waals surface area contributed by atoms with E-state index >= 15 is 0 Å². The van der Waals surface area contributed by atoms with Gasteiger partial charge in [0.2, 0.25) is 5.12 Å². The second-order valence-corrected chi connectivity index (χ2v) is 6.41. The molecule has 0 heterocycles. The smallest absolute Gasteiger partial charge is 0.219 e. The lowest BCUT2D eigenvalue weighted by Crippen LogP contribution is -2.26. The lowest BCUT2D eigenvalue weighted by atomic mass is 10.1. The quantitative estimate of drug-likeness (QED) is 0.776. The summed E-state index contributed by atoms with van der Waals surface area (Å²) in [5.41, 5.74) is 2.29. The van der Waals surface area contributed by atoms with Crippen molar-refractivity contribution in [2.45, 2.75) is 11.0 Å². The highest BCUT2D eigenvalue weighted by molar-refractivity contribution is 8.23. The van der Waals surface area contributed by atoms with E-state index in [1.807, 2.05) is 30.9 Å². The first-order valence-electron chi connectivity index (χ1n) is 4.87. The minimum absolute atomic E-state index is 0.210. The molecule has 0 unspecified atom stereocenters. The number of hydrogen-bond acceptors (Lipinski definition) is 4. The third kappa shape index (κ3) is 2.44. The van der Waals surface area contributed by atoms with Crippen molar-refractivity contribution in [3.8, 4) is 0 Å². The van der Waals surface area contributed by atoms with Gasteiger partial charge in [0.1, 0.15) is 0 Å². The average molecular weight is 272 g/mol. The Morgan fingerprint density at radius 2 is 1.69 bits per heavy atom. The van der Waals surface area contributed by atoms with E-state index in [2.05, 4.69) is 19.1 Å². The maximum absolute atomic E-state index is 12.2. The molecule has 16 heavy (non-hydrogen) atoms. The van der Waals surface area contributed by atoms with Gasteiger partial charge in [0.25, 0.3) is 0 Å². The van der Waals surface area contributed by atoms with E-state index < -0.39 is 4.08 Å². The van der Waals surface area contributed by atoms with Crippen LogP contribution in [0.25, 0.3) is 0 Å². The van der Waals surface area contributed by atoms with Crippen molar-refractivity contribution in [1.29, 1.82) is 0 Å². The van der Waals surface area contributed by atoms with Crippen LogP contribution >= 0.6 is 35.3 Å². The summed E-state index contributed by atoms with van der Waals surface area (Å²) in [5.74, 6) is 0. The van der Waals surface area contributed by atoms with Gasteiger partial charge in [-0.05, 0) is 36.8 Å². The van der Waals surface area contributed by atoms with Gasteiger partial charge < -0.3 is 0 Å². The highest BCUT2D eigenvalue weighted by Gasteiger charge is 2.39. The normalized spacial score (nSPS) is 11.5. The van der Waals surface area contributed by atoms with Crippen molar-refractivity contribution in [1.82, 2.24) is 0 Å². The van der Waals surface area contributed by atoms with Crippen LogP contribution in [0.4, 0.5) is 0 Å². The fourth-order valence-corrected chi connectivity index (χ4v) is 4.93. The van der Waals surface area contributed by atoms with E-state index in [0.717, 1.165) is 5.56 Å². The van der Waals surface area contributed by atoms with Crippen LogP contribution in [0.1, 0.15) is 11.1 Å². The molecule has 88 valence electrons. The van der Waals surface area contributed by atoms with Crippen LogP contribution in [0.15, 0.2) is 24.3 Å². The van der Waals surface area contributed by atoms with Gasteiger partial charge in [0.05, 0.1) is 0 Å². The van der Waals surface area contributed by atoms with Gasteiger partial charge in [0.15, 0.2) is 4.08 Å². The Morgan fingerprint density at radius 1 is 1.12 bits per heavy atom. The first kappa shape index (κ1) is 14.0. The summed E-state index contributed by atoms with van der Waals surface area (Å²) in [7, 11) is 0. The molecular formula is C12H16OS3. The molecule has 0 spiro atoms. The fourth-order valence-electron chi connectivity index (χ4n) is 1.66. The van der Waals surface area contributed by atoms with Crippen LogP contribution in [-0.2, 0) is 8.87 Å². The summed E-state index contributed by atoms with van der Waals surface area (Å²) < 4.78 is -0.467. The van der Waals surface area contributed by atoms with Gasteiger partial charge in [-0.1, -0.05) is 36.0 Å². The Bertz CT molecular complexity index is 372. The summed E-state index contributed by atoms with van der Waals surface area (Å²) in [6.07, 6.45) is 5.84. The molecule has 0 N–H and O–H groups in total. The van der Waals surface area contributed by atoms with E-state index in [9.17, 15) is 4.79 Å². The SMILES string of the molecule is CSC(=O)C(SC)(SC)c1ccccc1C. The Labute approximate surface area is 110 Å². The van der Waals surface area contributed by atoms with E-state index in [4.69, 9.17) is 0 Å². The first-order chi connectivity index (χ1) is 7.62. The molecular weight excluding hydrogens is 256 g/mol. The number of carbonyl (C=O) groups excluding carboxylic acids is 1. The average Bonchev–Trinajstić information content (AvgIpc) is 2.33. The summed E-state index contributed by atoms with van der Waals surface area (Å²) in [6, 6.07) is 8.12. The topological polar surface area (TPSA) is 17.1 Å². The van der Waals surface area contributed by atoms with Gasteiger partial charge in [-0.15, -0.1) is 23.5 Å². The van der Waals surface area contributed by atoms with Crippen LogP contribution in [0, 0.1) is 6.92 Å². The molecule has 0 saturated heterocycles. The first-order valence-corrected chi connectivity index (χ1v) is 8.54. The summed E-state index contributed by atoms with van der Waals surface area (Å²) >= 11 is 4.52. The maximum Gasteiger partial charge on any atom is 0.219 e. The molecule has 0 saturated carbocycles. The Kier molecular flexibility index (Phi) is 5.28. The maximum atomic E-state index is 12.2. The third-order valence-corrected chi connectivity index (χ3v) is 6.42. The van der Waals surface area contributed by atoms with Crippen LogP contribution in [0.2, 0.25) is 0 Å². The third-order valence-electron chi connectivity index (χ3n) is 2.53. The molecule has 0 aliphatic carbocycles. The molecule has 0 fully saturated rings. The molecule has 1 rings (SSSR count). The second kappa shape index (κ2) is 6.03. The molecule has 1 aromatic rings. The lowest BCUT2D eigenvalue weighted by Gasteiger charge is -2.29. The van der Waals surface area contributed by atoms with Crippen LogP contribution in [-0.4, -0.2) is 23.9 Å². The second-order valence-electron chi connectivity index (χ2n) is 3.33. The van der Waals surface area contributed by atoms with Gasteiger partial charge in [-0.25, -0.2) is 0 Å². The zero-order valence-corrected chi connectivity index (χ0v) is 12.4. The predicted molar refractivity (Wildman–Crippen MR) is 78.4 cm³/mol. The zero-order chi connectivity index (χ0) is 12.2. The van der Waals surface area contributed by atoms with Gasteiger partial charge in [-0.2, -0.15) is 0 Å². The largest absolute Gasteiger partial charge is 0.284 e. The van der Waals surface area contributed by atoms with E-state index in [1.165, 1.54) is 17.3 Å². The molecule has 1 aromatic carbocycles. The van der Waals surface area contributed by atoms with E-state index in [-0.39, 0.29) is 5.12 Å². The molecule has 0 atom stereocenters. The number of aryl methyl sites for hydroxylation is 1. The minimum atomic E-state index is -0.467. The molecule has 0 aromatic heterocycles. The van der Waals surface area contributed by atoms with Crippen molar-refractivity contribution in [2.75, 3.05) is 18.8 Å². The minimum Gasteiger partial charge on any atom is -0.284 e. The highest BCUT2D eigenvalue weighted by Crippen LogP contribution is 2.48. The number of thioether (sulfide) groups is 3. The zero-order valence-electron chi connectivity index (χ0n) is 9.94. The molecule has 0 bridgehead atoms. The summed E-state index contributed by atoms with van der Waals surface area (Å²) in [5, 5.41) is 0.210. The highest BCUT2D eigenvalue weighted by atomic mass is 32.2. The van der Waals surface area contributed by atoms with Crippen molar-refractivity contribution < 1.29 is 4.79 Å². The van der Waals surface area contributed by atoms with Crippen molar-refractivity contribution in [2.24, 2.45) is 0 Å². The standard InChI is InChI=1S/C12H16OS3/c1-9-7-5-6-8-10(9)12(15-3,16-4)11(13)14-2/h5-8H,1-4H3. The Morgan fingerprint density at radius 3 is 2.12 bits per heavy atom. The van der Waals surface area contributed by atoms with Crippen molar-refractivity contribution >= 4 is 40.4 Å². The number of carbonyl (C=O) groups is 1.